The summed E-state index contributed by atoms with van der Waals surface area (Å²) < 4.78 is 73.6. The van der Waals surface area contributed by atoms with Crippen LogP contribution in [0.25, 0.3) is 0 Å². The summed E-state index contributed by atoms with van der Waals surface area (Å²) in [5.74, 6) is -1.15. The fraction of sp³-hybridized carbons (Fsp3) is 0.500. The normalized spacial score (nSPS) is 18.5. The maximum absolute atomic E-state index is 12.3. The van der Waals surface area contributed by atoms with Crippen molar-refractivity contribution in [3.63, 3.8) is 0 Å². The lowest BCUT2D eigenvalue weighted by molar-refractivity contribution is -0.150. The highest BCUT2D eigenvalue weighted by Gasteiger charge is 2.48. The fourth-order valence-electron chi connectivity index (χ4n) is 2.18. The topological polar surface area (TPSA) is 78.9 Å². The molecule has 2 atom stereocenters. The third-order valence-electron chi connectivity index (χ3n) is 3.44. The van der Waals surface area contributed by atoms with Gasteiger partial charge in [-0.1, -0.05) is 0 Å². The molecule has 0 bridgehead atoms. The summed E-state index contributed by atoms with van der Waals surface area (Å²) in [5, 5.41) is 0. The second-order valence-electron chi connectivity index (χ2n) is 5.15. The molecular formula is C14H15F3O6S. The summed E-state index contributed by atoms with van der Waals surface area (Å²) in [5.41, 5.74) is -5.06. The number of carbonyl (C=O) groups excluding carboxylic acids is 1. The third-order valence-corrected chi connectivity index (χ3v) is 4.42. The van der Waals surface area contributed by atoms with E-state index in [1.807, 2.05) is 0 Å². The van der Waals surface area contributed by atoms with E-state index in [2.05, 4.69) is 4.18 Å². The summed E-state index contributed by atoms with van der Waals surface area (Å²) in [6, 6.07) is 3.50. The Morgan fingerprint density at radius 1 is 1.42 bits per heavy atom. The largest absolute Gasteiger partial charge is 0.534 e. The average Bonchev–Trinajstić information content (AvgIpc) is 2.88. The minimum atomic E-state index is -5.73. The van der Waals surface area contributed by atoms with E-state index in [0.717, 1.165) is 12.1 Å². The van der Waals surface area contributed by atoms with Gasteiger partial charge < -0.3 is 13.7 Å². The Kier molecular flexibility index (Phi) is 4.97. The molecule has 2 unspecified atom stereocenters. The van der Waals surface area contributed by atoms with Crippen molar-refractivity contribution in [3.8, 4) is 11.5 Å². The predicted molar refractivity (Wildman–Crippen MR) is 76.0 cm³/mol. The smallest absolute Gasteiger partial charge is 0.489 e. The van der Waals surface area contributed by atoms with Gasteiger partial charge in [-0.15, -0.1) is 0 Å². The molecule has 0 N–H and O–H groups in total. The highest BCUT2D eigenvalue weighted by molar-refractivity contribution is 7.88. The minimum absolute atomic E-state index is 0.218. The number of carbonyl (C=O) groups is 1. The first kappa shape index (κ1) is 18.4. The average molecular weight is 368 g/mol. The number of rotatable bonds is 5. The number of fused-ring (bicyclic) bond motifs is 1. The van der Waals surface area contributed by atoms with Crippen molar-refractivity contribution in [1.29, 1.82) is 0 Å². The monoisotopic (exact) mass is 368 g/mol. The van der Waals surface area contributed by atoms with Gasteiger partial charge in [0.2, 0.25) is 0 Å². The molecular weight excluding hydrogens is 353 g/mol. The van der Waals surface area contributed by atoms with Gasteiger partial charge >= 0.3 is 21.6 Å². The Balaban J connectivity index is 2.13. The number of hydrogen-bond donors (Lipinski definition) is 0. The summed E-state index contributed by atoms with van der Waals surface area (Å²) in [6.07, 6.45) is -0.327. The molecule has 134 valence electrons. The molecule has 0 aliphatic carbocycles. The van der Waals surface area contributed by atoms with Crippen molar-refractivity contribution in [2.24, 2.45) is 5.92 Å². The van der Waals surface area contributed by atoms with Gasteiger partial charge in [0.05, 0.1) is 12.5 Å². The van der Waals surface area contributed by atoms with E-state index in [1.54, 1.807) is 13.8 Å². The van der Waals surface area contributed by atoms with Crippen LogP contribution in [0.1, 0.15) is 19.4 Å². The van der Waals surface area contributed by atoms with E-state index in [9.17, 15) is 26.4 Å². The van der Waals surface area contributed by atoms with Crippen molar-refractivity contribution in [3.05, 3.63) is 23.8 Å². The Bertz CT molecular complexity index is 729. The zero-order valence-electron chi connectivity index (χ0n) is 12.8. The van der Waals surface area contributed by atoms with E-state index in [-0.39, 0.29) is 13.0 Å². The first-order valence-electron chi connectivity index (χ1n) is 7.02. The fourth-order valence-corrected chi connectivity index (χ4v) is 2.63. The Morgan fingerprint density at radius 3 is 2.67 bits per heavy atom. The first-order chi connectivity index (χ1) is 11.0. The van der Waals surface area contributed by atoms with Crippen LogP contribution in [0.4, 0.5) is 13.2 Å². The molecule has 1 heterocycles. The first-order valence-corrected chi connectivity index (χ1v) is 8.43. The van der Waals surface area contributed by atoms with Crippen molar-refractivity contribution in [1.82, 2.24) is 0 Å². The molecule has 2 rings (SSSR count). The van der Waals surface area contributed by atoms with Crippen LogP contribution in [0.15, 0.2) is 18.2 Å². The molecule has 24 heavy (non-hydrogen) atoms. The van der Waals surface area contributed by atoms with Gasteiger partial charge in [0.25, 0.3) is 0 Å². The van der Waals surface area contributed by atoms with Gasteiger partial charge in [-0.25, -0.2) is 0 Å². The second-order valence-corrected chi connectivity index (χ2v) is 6.69. The lowest BCUT2D eigenvalue weighted by atomic mass is 10.00. The Morgan fingerprint density at radius 2 is 2.08 bits per heavy atom. The van der Waals surface area contributed by atoms with Crippen molar-refractivity contribution < 1.29 is 40.0 Å². The molecule has 10 heteroatoms. The molecule has 1 aliphatic heterocycles. The molecule has 0 aromatic heterocycles. The molecule has 0 amide bonds. The molecule has 0 fully saturated rings. The summed E-state index contributed by atoms with van der Waals surface area (Å²) in [4.78, 5) is 11.7. The van der Waals surface area contributed by atoms with E-state index < -0.39 is 39.4 Å². The number of ether oxygens (including phenoxy) is 2. The SMILES string of the molecule is CCOC(=O)C(C)C1Cc2cc(OS(=O)(=O)C(F)(F)F)ccc2O1. The van der Waals surface area contributed by atoms with E-state index in [1.165, 1.54) is 6.07 Å². The van der Waals surface area contributed by atoms with Gasteiger partial charge in [-0.2, -0.15) is 21.6 Å². The molecule has 0 saturated carbocycles. The van der Waals surface area contributed by atoms with Crippen LogP contribution in [-0.2, 0) is 26.1 Å². The van der Waals surface area contributed by atoms with Gasteiger partial charge in [-0.05, 0) is 32.0 Å². The molecule has 1 aromatic carbocycles. The molecule has 0 saturated heterocycles. The standard InChI is InChI=1S/C14H15F3O6S/c1-3-21-13(18)8(2)12-7-9-6-10(4-5-11(9)22-12)23-24(19,20)14(15,16)17/h4-6,8,12H,3,7H2,1-2H3. The molecule has 1 aliphatic rings. The number of benzene rings is 1. The van der Waals surface area contributed by atoms with Crippen LogP contribution in [0.5, 0.6) is 11.5 Å². The second kappa shape index (κ2) is 6.50. The van der Waals surface area contributed by atoms with Crippen LogP contribution in [0, 0.1) is 5.92 Å². The van der Waals surface area contributed by atoms with E-state index >= 15 is 0 Å². The molecule has 0 radical (unpaired) electrons. The molecule has 1 aromatic rings. The zero-order chi connectivity index (χ0) is 18.1. The number of alkyl halides is 3. The van der Waals surface area contributed by atoms with Crippen LogP contribution in [0.3, 0.4) is 0 Å². The third kappa shape index (κ3) is 3.74. The highest BCUT2D eigenvalue weighted by Crippen LogP contribution is 2.36. The van der Waals surface area contributed by atoms with Crippen molar-refractivity contribution >= 4 is 16.1 Å². The summed E-state index contributed by atoms with van der Waals surface area (Å²) in [7, 11) is -5.73. The van der Waals surface area contributed by atoms with Crippen LogP contribution >= 0.6 is 0 Å². The highest BCUT2D eigenvalue weighted by atomic mass is 32.2. The summed E-state index contributed by atoms with van der Waals surface area (Å²) in [6.45, 7) is 3.50. The van der Waals surface area contributed by atoms with Crippen LogP contribution < -0.4 is 8.92 Å². The van der Waals surface area contributed by atoms with Crippen LogP contribution in [-0.4, -0.2) is 32.6 Å². The van der Waals surface area contributed by atoms with Gasteiger partial charge in [0.15, 0.2) is 0 Å². The molecule has 6 nitrogen and oxygen atoms in total. The minimum Gasteiger partial charge on any atom is -0.489 e. The number of halogens is 3. The van der Waals surface area contributed by atoms with Crippen LogP contribution in [0.2, 0.25) is 0 Å². The van der Waals surface area contributed by atoms with Gasteiger partial charge in [0.1, 0.15) is 17.6 Å². The lowest BCUT2D eigenvalue weighted by Gasteiger charge is -2.17. The van der Waals surface area contributed by atoms with E-state index in [0.29, 0.717) is 11.3 Å². The number of hydrogen-bond acceptors (Lipinski definition) is 6. The number of esters is 1. The maximum atomic E-state index is 12.3. The maximum Gasteiger partial charge on any atom is 0.534 e. The van der Waals surface area contributed by atoms with Crippen molar-refractivity contribution in [2.45, 2.75) is 31.9 Å². The summed E-state index contributed by atoms with van der Waals surface area (Å²) >= 11 is 0. The van der Waals surface area contributed by atoms with Gasteiger partial charge in [0, 0.05) is 12.0 Å². The quantitative estimate of drug-likeness (QED) is 0.451. The van der Waals surface area contributed by atoms with Gasteiger partial charge in [-0.3, -0.25) is 4.79 Å². The Hall–Kier alpha value is -1.97. The predicted octanol–water partition coefficient (Wildman–Crippen LogP) is 2.42. The zero-order valence-corrected chi connectivity index (χ0v) is 13.6. The lowest BCUT2D eigenvalue weighted by Crippen LogP contribution is -2.30. The Labute approximate surface area is 136 Å². The molecule has 0 spiro atoms. The van der Waals surface area contributed by atoms with Crippen molar-refractivity contribution in [2.75, 3.05) is 6.61 Å². The van der Waals surface area contributed by atoms with E-state index in [4.69, 9.17) is 9.47 Å².